The van der Waals surface area contributed by atoms with E-state index < -0.39 is 5.97 Å². The van der Waals surface area contributed by atoms with E-state index in [1.54, 1.807) is 18.2 Å². The Morgan fingerprint density at radius 3 is 2.88 bits per heavy atom. The zero-order valence-electron chi connectivity index (χ0n) is 9.14. The topological polar surface area (TPSA) is 68.1 Å². The van der Waals surface area contributed by atoms with Gasteiger partial charge in [0.25, 0.3) is 0 Å². The number of carbonyl (C=O) groups excluding carboxylic acids is 1. The number of ether oxygens (including phenoxy) is 2. The summed E-state index contributed by atoms with van der Waals surface area (Å²) < 4.78 is 9.70. The molecule has 0 spiro atoms. The number of hydrogen-bond donors (Lipinski definition) is 1. The van der Waals surface area contributed by atoms with Gasteiger partial charge in [0.2, 0.25) is 0 Å². The van der Waals surface area contributed by atoms with Gasteiger partial charge in [-0.1, -0.05) is 5.16 Å². The first-order valence-electron chi connectivity index (χ1n) is 4.65. The molecule has 0 heterocycles. The highest BCUT2D eigenvalue weighted by molar-refractivity contribution is 5.79. The van der Waals surface area contributed by atoms with Crippen molar-refractivity contribution in [3.05, 3.63) is 29.3 Å². The number of nitrogens with zero attached hydrogens (tertiary/aromatic N) is 1. The fourth-order valence-corrected chi connectivity index (χ4v) is 1.18. The monoisotopic (exact) mass is 223 g/mol. The third kappa shape index (κ3) is 3.27. The van der Waals surface area contributed by atoms with Gasteiger partial charge in [0.15, 0.2) is 6.61 Å². The van der Waals surface area contributed by atoms with Crippen LogP contribution in [0.1, 0.15) is 11.1 Å². The lowest BCUT2D eigenvalue weighted by Gasteiger charge is -2.08. The highest BCUT2D eigenvalue weighted by Gasteiger charge is 2.04. The Hall–Kier alpha value is -2.04. The van der Waals surface area contributed by atoms with Crippen molar-refractivity contribution >= 4 is 12.2 Å². The van der Waals surface area contributed by atoms with Crippen LogP contribution in [-0.4, -0.2) is 31.1 Å². The third-order valence-corrected chi connectivity index (χ3v) is 1.98. The first kappa shape index (κ1) is 12.0. The number of hydrogen-bond acceptors (Lipinski definition) is 5. The summed E-state index contributed by atoms with van der Waals surface area (Å²) >= 11 is 0. The smallest absolute Gasteiger partial charge is 0.343 e. The van der Waals surface area contributed by atoms with Crippen molar-refractivity contribution < 1.29 is 19.5 Å². The molecular weight excluding hydrogens is 210 g/mol. The predicted octanol–water partition coefficient (Wildman–Crippen LogP) is 1.35. The molecule has 0 aliphatic rings. The lowest BCUT2D eigenvalue weighted by molar-refractivity contribution is -0.142. The summed E-state index contributed by atoms with van der Waals surface area (Å²) in [4.78, 5) is 10.9. The minimum absolute atomic E-state index is 0.120. The van der Waals surface area contributed by atoms with Crippen LogP contribution in [0.3, 0.4) is 0 Å². The van der Waals surface area contributed by atoms with Gasteiger partial charge in [-0.05, 0) is 36.2 Å². The Balaban J connectivity index is 2.71. The predicted molar refractivity (Wildman–Crippen MR) is 58.1 cm³/mol. The van der Waals surface area contributed by atoms with Crippen molar-refractivity contribution in [2.24, 2.45) is 5.16 Å². The van der Waals surface area contributed by atoms with E-state index >= 15 is 0 Å². The van der Waals surface area contributed by atoms with Gasteiger partial charge < -0.3 is 14.7 Å². The SMILES string of the molecule is COC(=O)COc1ccc(/C=N\O)cc1C. The van der Waals surface area contributed by atoms with E-state index in [0.717, 1.165) is 11.1 Å². The number of esters is 1. The summed E-state index contributed by atoms with van der Waals surface area (Å²) in [5.74, 6) is 0.167. The van der Waals surface area contributed by atoms with Crippen LogP contribution in [0.5, 0.6) is 5.75 Å². The van der Waals surface area contributed by atoms with Gasteiger partial charge in [0.1, 0.15) is 5.75 Å². The molecule has 86 valence electrons. The molecule has 1 N–H and O–H groups in total. The molecule has 1 aromatic carbocycles. The number of methoxy groups -OCH3 is 1. The van der Waals surface area contributed by atoms with Crippen LogP contribution >= 0.6 is 0 Å². The van der Waals surface area contributed by atoms with E-state index in [0.29, 0.717) is 5.75 Å². The normalized spacial score (nSPS) is 10.4. The molecule has 1 aromatic rings. The second-order valence-electron chi connectivity index (χ2n) is 3.13. The molecule has 0 atom stereocenters. The van der Waals surface area contributed by atoms with Crippen LogP contribution in [0, 0.1) is 6.92 Å². The maximum absolute atomic E-state index is 10.9. The fraction of sp³-hybridized carbons (Fsp3) is 0.273. The molecule has 0 unspecified atom stereocenters. The minimum atomic E-state index is -0.430. The van der Waals surface area contributed by atoms with Crippen molar-refractivity contribution in [2.45, 2.75) is 6.92 Å². The zero-order valence-corrected chi connectivity index (χ0v) is 9.14. The molecule has 1 rings (SSSR count). The molecule has 0 aromatic heterocycles. The Labute approximate surface area is 93.3 Å². The average Bonchev–Trinajstić information content (AvgIpc) is 2.28. The van der Waals surface area contributed by atoms with E-state index in [-0.39, 0.29) is 6.61 Å². The second-order valence-corrected chi connectivity index (χ2v) is 3.13. The van der Waals surface area contributed by atoms with Gasteiger partial charge in [-0.2, -0.15) is 0 Å². The van der Waals surface area contributed by atoms with Crippen molar-refractivity contribution in [2.75, 3.05) is 13.7 Å². The highest BCUT2D eigenvalue weighted by Crippen LogP contribution is 2.18. The van der Waals surface area contributed by atoms with Gasteiger partial charge >= 0.3 is 5.97 Å². The number of aryl methyl sites for hydroxylation is 1. The molecule has 16 heavy (non-hydrogen) atoms. The van der Waals surface area contributed by atoms with Gasteiger partial charge in [0, 0.05) is 0 Å². The Kier molecular flexibility index (Phi) is 4.32. The molecule has 0 aliphatic carbocycles. The summed E-state index contributed by atoms with van der Waals surface area (Å²) in [6.45, 7) is 1.71. The summed E-state index contributed by atoms with van der Waals surface area (Å²) in [7, 11) is 1.30. The Morgan fingerprint density at radius 2 is 2.31 bits per heavy atom. The van der Waals surface area contributed by atoms with Gasteiger partial charge in [-0.25, -0.2) is 4.79 Å². The number of oxime groups is 1. The lowest BCUT2D eigenvalue weighted by atomic mass is 10.1. The van der Waals surface area contributed by atoms with Crippen molar-refractivity contribution in [3.63, 3.8) is 0 Å². The quantitative estimate of drug-likeness (QED) is 0.362. The average molecular weight is 223 g/mol. The summed E-state index contributed by atoms with van der Waals surface area (Å²) in [6.07, 6.45) is 1.32. The zero-order chi connectivity index (χ0) is 12.0. The lowest BCUT2D eigenvalue weighted by Crippen LogP contribution is -2.13. The van der Waals surface area contributed by atoms with Crippen LogP contribution < -0.4 is 4.74 Å². The minimum Gasteiger partial charge on any atom is -0.482 e. The van der Waals surface area contributed by atoms with E-state index in [4.69, 9.17) is 9.94 Å². The summed E-state index contributed by atoms with van der Waals surface area (Å²) in [5.41, 5.74) is 1.60. The first-order chi connectivity index (χ1) is 7.67. The van der Waals surface area contributed by atoms with Crippen LogP contribution in [0.15, 0.2) is 23.4 Å². The van der Waals surface area contributed by atoms with E-state index in [9.17, 15) is 4.79 Å². The second kappa shape index (κ2) is 5.75. The van der Waals surface area contributed by atoms with Gasteiger partial charge in [-0.15, -0.1) is 0 Å². The molecular formula is C11H13NO4. The Bertz CT molecular complexity index is 401. The highest BCUT2D eigenvalue weighted by atomic mass is 16.6. The Morgan fingerprint density at radius 1 is 1.56 bits per heavy atom. The van der Waals surface area contributed by atoms with Crippen LogP contribution in [0.2, 0.25) is 0 Å². The van der Waals surface area contributed by atoms with Crippen molar-refractivity contribution in [1.29, 1.82) is 0 Å². The molecule has 0 aliphatic heterocycles. The molecule has 0 amide bonds. The van der Waals surface area contributed by atoms with Gasteiger partial charge in [-0.3, -0.25) is 0 Å². The third-order valence-electron chi connectivity index (χ3n) is 1.98. The molecule has 5 nitrogen and oxygen atoms in total. The van der Waals surface area contributed by atoms with E-state index in [1.165, 1.54) is 13.3 Å². The molecule has 0 fully saturated rings. The first-order valence-corrected chi connectivity index (χ1v) is 4.65. The maximum Gasteiger partial charge on any atom is 0.343 e. The standard InChI is InChI=1S/C11H13NO4/c1-8-5-9(6-12-14)3-4-10(8)16-7-11(13)15-2/h3-6,14H,7H2,1-2H3/b12-6-. The molecule has 0 saturated carbocycles. The van der Waals surface area contributed by atoms with Crippen molar-refractivity contribution in [1.82, 2.24) is 0 Å². The number of benzene rings is 1. The maximum atomic E-state index is 10.9. The summed E-state index contributed by atoms with van der Waals surface area (Å²) in [5, 5.41) is 11.3. The molecule has 0 radical (unpaired) electrons. The van der Waals surface area contributed by atoms with Crippen molar-refractivity contribution in [3.8, 4) is 5.75 Å². The molecule has 0 bridgehead atoms. The van der Waals surface area contributed by atoms with Crippen LogP contribution in [0.4, 0.5) is 0 Å². The van der Waals surface area contributed by atoms with Gasteiger partial charge in [0.05, 0.1) is 13.3 Å². The van der Waals surface area contributed by atoms with Crippen LogP contribution in [-0.2, 0) is 9.53 Å². The van der Waals surface area contributed by atoms with E-state index in [2.05, 4.69) is 9.89 Å². The molecule has 0 saturated heterocycles. The van der Waals surface area contributed by atoms with E-state index in [1.807, 2.05) is 6.92 Å². The molecule has 5 heteroatoms. The summed E-state index contributed by atoms with van der Waals surface area (Å²) in [6, 6.07) is 5.21. The largest absolute Gasteiger partial charge is 0.482 e. The van der Waals surface area contributed by atoms with Crippen LogP contribution in [0.25, 0.3) is 0 Å². The number of rotatable bonds is 4. The fourth-order valence-electron chi connectivity index (χ4n) is 1.18. The number of carbonyl (C=O) groups is 1.